The first-order chi connectivity index (χ1) is 10.0. The third kappa shape index (κ3) is 6.30. The first-order valence-electron chi connectivity index (χ1n) is 7.17. The molecule has 6 heteroatoms. The summed E-state index contributed by atoms with van der Waals surface area (Å²) < 4.78 is 18.6. The lowest BCUT2D eigenvalue weighted by atomic mass is 9.95. The van der Waals surface area contributed by atoms with Gasteiger partial charge in [0.05, 0.1) is 11.4 Å². The van der Waals surface area contributed by atoms with E-state index in [1.807, 2.05) is 13.8 Å². The van der Waals surface area contributed by atoms with Crippen molar-refractivity contribution >= 4 is 17.5 Å². The molecule has 0 saturated carbocycles. The average Bonchev–Trinajstić information content (AvgIpc) is 2.37. The summed E-state index contributed by atoms with van der Waals surface area (Å²) in [6.07, 6.45) is -0.608. The Morgan fingerprint density at radius 3 is 2.41 bits per heavy atom. The predicted octanol–water partition coefficient (Wildman–Crippen LogP) is 3.60. The van der Waals surface area contributed by atoms with E-state index >= 15 is 0 Å². The molecule has 0 bridgehead atoms. The minimum Gasteiger partial charge on any atom is -0.444 e. The number of hydrogen-bond acceptors (Lipinski definition) is 4. The molecule has 3 N–H and O–H groups in total. The van der Waals surface area contributed by atoms with Gasteiger partial charge in [0, 0.05) is 18.6 Å². The smallest absolute Gasteiger partial charge is 0.412 e. The summed E-state index contributed by atoms with van der Waals surface area (Å²) in [6.45, 7) is 9.46. The van der Waals surface area contributed by atoms with E-state index in [4.69, 9.17) is 4.74 Å². The lowest BCUT2D eigenvalue weighted by Gasteiger charge is -2.24. The third-order valence-electron chi connectivity index (χ3n) is 2.80. The van der Waals surface area contributed by atoms with Gasteiger partial charge in [0.1, 0.15) is 11.4 Å². The molecule has 1 rings (SSSR count). The van der Waals surface area contributed by atoms with E-state index in [-0.39, 0.29) is 12.0 Å². The van der Waals surface area contributed by atoms with Crippen molar-refractivity contribution in [2.24, 2.45) is 5.41 Å². The van der Waals surface area contributed by atoms with Crippen molar-refractivity contribution in [3.8, 4) is 0 Å². The van der Waals surface area contributed by atoms with E-state index in [0.29, 0.717) is 17.9 Å². The fraction of sp³-hybridized carbons (Fsp3) is 0.562. The largest absolute Gasteiger partial charge is 0.444 e. The highest BCUT2D eigenvalue weighted by molar-refractivity contribution is 5.89. The van der Waals surface area contributed by atoms with Crippen LogP contribution in [-0.2, 0) is 4.74 Å². The second-order valence-electron chi connectivity index (χ2n) is 6.99. The highest BCUT2D eigenvalue weighted by Gasteiger charge is 2.19. The van der Waals surface area contributed by atoms with Gasteiger partial charge in [-0.15, -0.1) is 0 Å². The van der Waals surface area contributed by atoms with Gasteiger partial charge in [-0.3, -0.25) is 5.32 Å². The highest BCUT2D eigenvalue weighted by Crippen LogP contribution is 2.25. The van der Waals surface area contributed by atoms with Crippen LogP contribution in [0.2, 0.25) is 0 Å². The van der Waals surface area contributed by atoms with Crippen molar-refractivity contribution in [2.45, 2.75) is 40.2 Å². The summed E-state index contributed by atoms with van der Waals surface area (Å²) >= 11 is 0. The van der Waals surface area contributed by atoms with Crippen LogP contribution in [0.25, 0.3) is 0 Å². The summed E-state index contributed by atoms with van der Waals surface area (Å²) in [6, 6.07) is 4.02. The number of ether oxygens (including phenoxy) is 1. The summed E-state index contributed by atoms with van der Waals surface area (Å²) in [5.41, 5.74) is -0.122. The summed E-state index contributed by atoms with van der Waals surface area (Å²) in [5.74, 6) is -0.418. The number of rotatable bonds is 5. The Morgan fingerprint density at radius 2 is 1.86 bits per heavy atom. The van der Waals surface area contributed by atoms with Crippen LogP contribution in [0, 0.1) is 11.2 Å². The zero-order chi connectivity index (χ0) is 17.0. The molecule has 124 valence electrons. The molecule has 22 heavy (non-hydrogen) atoms. The summed E-state index contributed by atoms with van der Waals surface area (Å²) in [7, 11) is 0. The topological polar surface area (TPSA) is 70.6 Å². The molecule has 0 aromatic heterocycles. The van der Waals surface area contributed by atoms with Crippen LogP contribution in [0.15, 0.2) is 18.2 Å². The molecule has 5 nitrogen and oxygen atoms in total. The van der Waals surface area contributed by atoms with Crippen LogP contribution < -0.4 is 10.6 Å². The molecule has 0 atom stereocenters. The maximum absolute atomic E-state index is 13.4. The standard InChI is InChI=1S/C16H25FN2O3/c1-15(2,3)22-14(21)19-12-7-6-11(17)8-13(12)18-9-16(4,5)10-20/h6-8,18,20H,9-10H2,1-5H3,(H,19,21). The van der Waals surface area contributed by atoms with Crippen LogP contribution in [0.5, 0.6) is 0 Å². The van der Waals surface area contributed by atoms with E-state index in [2.05, 4.69) is 10.6 Å². The predicted molar refractivity (Wildman–Crippen MR) is 85.6 cm³/mol. The van der Waals surface area contributed by atoms with Crippen LogP contribution in [-0.4, -0.2) is 30.0 Å². The van der Waals surface area contributed by atoms with Gasteiger partial charge in [0.25, 0.3) is 0 Å². The Morgan fingerprint density at radius 1 is 1.23 bits per heavy atom. The zero-order valence-corrected chi connectivity index (χ0v) is 13.8. The van der Waals surface area contributed by atoms with Crippen molar-refractivity contribution in [2.75, 3.05) is 23.8 Å². The molecule has 0 spiro atoms. The summed E-state index contributed by atoms with van der Waals surface area (Å²) in [5, 5.41) is 14.9. The molecular weight excluding hydrogens is 287 g/mol. The van der Waals surface area contributed by atoms with Crippen molar-refractivity contribution in [3.05, 3.63) is 24.0 Å². The molecule has 0 fully saturated rings. The minimum atomic E-state index is -0.614. The van der Waals surface area contributed by atoms with E-state index in [0.717, 1.165) is 0 Å². The molecule has 0 radical (unpaired) electrons. The summed E-state index contributed by atoms with van der Waals surface area (Å²) in [4.78, 5) is 11.8. The number of halogens is 1. The van der Waals surface area contributed by atoms with E-state index in [1.54, 1.807) is 20.8 Å². The number of carbonyl (C=O) groups is 1. The second-order valence-corrected chi connectivity index (χ2v) is 6.99. The van der Waals surface area contributed by atoms with Gasteiger partial charge in [0.2, 0.25) is 0 Å². The van der Waals surface area contributed by atoms with Crippen LogP contribution >= 0.6 is 0 Å². The lowest BCUT2D eigenvalue weighted by molar-refractivity contribution is 0.0636. The third-order valence-corrected chi connectivity index (χ3v) is 2.80. The first kappa shape index (κ1) is 18.2. The first-order valence-corrected chi connectivity index (χ1v) is 7.17. The number of benzene rings is 1. The lowest BCUT2D eigenvalue weighted by Crippen LogP contribution is -2.29. The molecule has 0 aliphatic rings. The van der Waals surface area contributed by atoms with Crippen LogP contribution in [0.4, 0.5) is 20.6 Å². The molecule has 1 aromatic carbocycles. The monoisotopic (exact) mass is 312 g/mol. The van der Waals surface area contributed by atoms with Gasteiger partial charge < -0.3 is 15.2 Å². The SMILES string of the molecule is CC(C)(CO)CNc1cc(F)ccc1NC(=O)OC(C)(C)C. The number of aliphatic hydroxyl groups is 1. The average molecular weight is 312 g/mol. The molecule has 0 unspecified atom stereocenters. The Kier molecular flexibility index (Phi) is 5.77. The maximum Gasteiger partial charge on any atom is 0.412 e. The normalized spacial score (nSPS) is 12.0. The van der Waals surface area contributed by atoms with E-state index in [9.17, 15) is 14.3 Å². The fourth-order valence-corrected chi connectivity index (χ4v) is 1.58. The number of hydrogen-bond donors (Lipinski definition) is 3. The Bertz CT molecular complexity index is 525. The molecule has 0 heterocycles. The quantitative estimate of drug-likeness (QED) is 0.777. The van der Waals surface area contributed by atoms with Crippen LogP contribution in [0.1, 0.15) is 34.6 Å². The number of anilines is 2. The van der Waals surface area contributed by atoms with Gasteiger partial charge >= 0.3 is 6.09 Å². The van der Waals surface area contributed by atoms with Gasteiger partial charge in [-0.2, -0.15) is 0 Å². The van der Waals surface area contributed by atoms with Crippen molar-refractivity contribution in [1.29, 1.82) is 0 Å². The molecule has 0 saturated heterocycles. The van der Waals surface area contributed by atoms with Crippen molar-refractivity contribution in [3.63, 3.8) is 0 Å². The van der Waals surface area contributed by atoms with Crippen LogP contribution in [0.3, 0.4) is 0 Å². The van der Waals surface area contributed by atoms with Crippen molar-refractivity contribution in [1.82, 2.24) is 0 Å². The fourth-order valence-electron chi connectivity index (χ4n) is 1.58. The minimum absolute atomic E-state index is 0.00978. The second kappa shape index (κ2) is 6.96. The molecule has 0 aliphatic carbocycles. The number of amides is 1. The Labute approximate surface area is 130 Å². The van der Waals surface area contributed by atoms with Gasteiger partial charge in [0.15, 0.2) is 0 Å². The molecule has 0 aliphatic heterocycles. The van der Waals surface area contributed by atoms with E-state index < -0.39 is 17.5 Å². The number of nitrogens with one attached hydrogen (secondary N) is 2. The molecule has 1 amide bonds. The van der Waals surface area contributed by atoms with E-state index in [1.165, 1.54) is 18.2 Å². The maximum atomic E-state index is 13.4. The molecular formula is C16H25FN2O3. The number of carbonyl (C=O) groups excluding carboxylic acids is 1. The Balaban J connectivity index is 2.84. The van der Waals surface area contributed by atoms with Gasteiger partial charge in [-0.05, 0) is 39.0 Å². The van der Waals surface area contributed by atoms with Gasteiger partial charge in [-0.1, -0.05) is 13.8 Å². The van der Waals surface area contributed by atoms with Gasteiger partial charge in [-0.25, -0.2) is 9.18 Å². The van der Waals surface area contributed by atoms with Crippen molar-refractivity contribution < 1.29 is 19.0 Å². The Hall–Kier alpha value is -1.82. The zero-order valence-electron chi connectivity index (χ0n) is 13.8. The molecule has 1 aromatic rings. The number of aliphatic hydroxyl groups excluding tert-OH is 1. The highest BCUT2D eigenvalue weighted by atomic mass is 19.1.